The van der Waals surface area contributed by atoms with E-state index in [-0.39, 0.29) is 17.1 Å². The topological polar surface area (TPSA) is 70.3 Å². The Balaban J connectivity index is 3.34. The maximum atomic E-state index is 10.6. The van der Waals surface area contributed by atoms with Crippen LogP contribution in [0.15, 0.2) is 12.1 Å². The van der Waals surface area contributed by atoms with Gasteiger partial charge in [0.05, 0.1) is 12.7 Å². The number of hydrogen-bond acceptors (Lipinski definition) is 4. The predicted octanol–water partition coefficient (Wildman–Crippen LogP) is 1.09. The Hall–Kier alpha value is -2.46. The minimum atomic E-state index is -0.227. The van der Waals surface area contributed by atoms with Crippen molar-refractivity contribution in [3.8, 4) is 29.4 Å². The van der Waals surface area contributed by atoms with Crippen molar-refractivity contribution in [2.75, 3.05) is 7.11 Å². The summed E-state index contributed by atoms with van der Waals surface area (Å²) in [5.74, 6) is 4.63. The van der Waals surface area contributed by atoms with E-state index in [2.05, 4.69) is 11.8 Å². The molecule has 0 unspecified atom stereocenters. The van der Waals surface area contributed by atoms with Gasteiger partial charge in [-0.2, -0.15) is 5.26 Å². The van der Waals surface area contributed by atoms with E-state index in [4.69, 9.17) is 10.00 Å². The van der Waals surface area contributed by atoms with Gasteiger partial charge in [0, 0.05) is 11.5 Å². The van der Waals surface area contributed by atoms with Gasteiger partial charge in [-0.15, -0.1) is 0 Å². The van der Waals surface area contributed by atoms with Crippen LogP contribution in [0.4, 0.5) is 0 Å². The summed E-state index contributed by atoms with van der Waals surface area (Å²) >= 11 is 0. The van der Waals surface area contributed by atoms with Crippen LogP contribution in [0.2, 0.25) is 0 Å². The molecule has 0 spiro atoms. The molecule has 0 atom stereocenters. The van der Waals surface area contributed by atoms with Gasteiger partial charge in [-0.25, -0.2) is 0 Å². The van der Waals surface area contributed by atoms with Crippen molar-refractivity contribution in [2.24, 2.45) is 0 Å². The number of ether oxygens (including phenoxy) is 1. The standard InChI is InChI=1S/C11H7NO3/c1-15-10-6-8(3-2-4-12)5-9(7-13)11(10)14/h5-7,14H,1H3. The van der Waals surface area contributed by atoms with E-state index in [1.54, 1.807) is 6.07 Å². The first kappa shape index (κ1) is 10.6. The van der Waals surface area contributed by atoms with Crippen molar-refractivity contribution in [1.29, 1.82) is 5.26 Å². The van der Waals surface area contributed by atoms with Crippen LogP contribution in [0.1, 0.15) is 15.9 Å². The van der Waals surface area contributed by atoms with E-state index in [9.17, 15) is 9.90 Å². The number of nitrogens with zero attached hydrogens (tertiary/aromatic N) is 1. The minimum Gasteiger partial charge on any atom is -0.504 e. The molecule has 0 aromatic heterocycles. The normalized spacial score (nSPS) is 8.27. The molecule has 1 aromatic carbocycles. The van der Waals surface area contributed by atoms with Gasteiger partial charge in [0.15, 0.2) is 23.9 Å². The zero-order valence-electron chi connectivity index (χ0n) is 7.94. The lowest BCUT2D eigenvalue weighted by atomic mass is 10.1. The van der Waals surface area contributed by atoms with Crippen molar-refractivity contribution >= 4 is 6.29 Å². The second kappa shape index (κ2) is 4.69. The summed E-state index contributed by atoms with van der Waals surface area (Å²) in [7, 11) is 1.37. The number of methoxy groups -OCH3 is 1. The largest absolute Gasteiger partial charge is 0.504 e. The number of aldehydes is 1. The van der Waals surface area contributed by atoms with Gasteiger partial charge >= 0.3 is 0 Å². The van der Waals surface area contributed by atoms with Crippen LogP contribution in [0.3, 0.4) is 0 Å². The maximum absolute atomic E-state index is 10.6. The van der Waals surface area contributed by atoms with Crippen molar-refractivity contribution in [1.82, 2.24) is 0 Å². The zero-order chi connectivity index (χ0) is 11.3. The molecule has 1 N–H and O–H groups in total. The highest BCUT2D eigenvalue weighted by Gasteiger charge is 2.08. The summed E-state index contributed by atoms with van der Waals surface area (Å²) in [6.07, 6.45) is 0.495. The summed E-state index contributed by atoms with van der Waals surface area (Å²) in [5, 5.41) is 17.7. The summed E-state index contributed by atoms with van der Waals surface area (Å²) in [6, 6.07) is 4.49. The molecule has 15 heavy (non-hydrogen) atoms. The van der Waals surface area contributed by atoms with E-state index in [0.717, 1.165) is 0 Å². The Morgan fingerprint density at radius 3 is 2.80 bits per heavy atom. The molecular weight excluding hydrogens is 194 g/mol. The summed E-state index contributed by atoms with van der Waals surface area (Å²) in [4.78, 5) is 10.6. The average molecular weight is 201 g/mol. The highest BCUT2D eigenvalue weighted by atomic mass is 16.5. The van der Waals surface area contributed by atoms with Gasteiger partial charge in [-0.3, -0.25) is 4.79 Å². The summed E-state index contributed by atoms with van der Waals surface area (Å²) in [5.41, 5.74) is 0.518. The molecule has 0 saturated carbocycles. The maximum Gasteiger partial charge on any atom is 0.168 e. The first-order valence-electron chi connectivity index (χ1n) is 3.99. The molecule has 0 saturated heterocycles. The van der Waals surface area contributed by atoms with Gasteiger partial charge in [-0.05, 0) is 12.1 Å². The lowest BCUT2D eigenvalue weighted by Crippen LogP contribution is -1.90. The number of hydrogen-bond donors (Lipinski definition) is 1. The first-order valence-corrected chi connectivity index (χ1v) is 3.99. The molecule has 0 radical (unpaired) electrons. The number of benzene rings is 1. The van der Waals surface area contributed by atoms with Gasteiger partial charge in [0.1, 0.15) is 0 Å². The minimum absolute atomic E-state index is 0.0802. The van der Waals surface area contributed by atoms with E-state index in [1.807, 2.05) is 0 Å². The molecule has 1 rings (SSSR count). The second-order valence-electron chi connectivity index (χ2n) is 2.60. The number of aromatic hydroxyl groups is 1. The number of phenols is 1. The van der Waals surface area contributed by atoms with Gasteiger partial charge in [-0.1, -0.05) is 5.92 Å². The van der Waals surface area contributed by atoms with Crippen LogP contribution in [0, 0.1) is 23.2 Å². The highest BCUT2D eigenvalue weighted by molar-refractivity contribution is 5.82. The third-order valence-electron chi connectivity index (χ3n) is 1.71. The monoisotopic (exact) mass is 201 g/mol. The average Bonchev–Trinajstić information content (AvgIpc) is 2.27. The van der Waals surface area contributed by atoms with Crippen LogP contribution < -0.4 is 4.74 Å². The summed E-state index contributed by atoms with van der Waals surface area (Å²) < 4.78 is 4.85. The van der Waals surface area contributed by atoms with E-state index < -0.39 is 0 Å². The van der Waals surface area contributed by atoms with Gasteiger partial charge in [0.2, 0.25) is 0 Å². The van der Waals surface area contributed by atoms with Crippen molar-refractivity contribution in [2.45, 2.75) is 0 Å². The summed E-state index contributed by atoms with van der Waals surface area (Å²) in [6.45, 7) is 0. The third-order valence-corrected chi connectivity index (χ3v) is 1.71. The lowest BCUT2D eigenvalue weighted by molar-refractivity contribution is 0.112. The molecule has 0 aliphatic carbocycles. The van der Waals surface area contributed by atoms with Crippen LogP contribution in [-0.4, -0.2) is 18.5 Å². The number of nitriles is 1. The fraction of sp³-hybridized carbons (Fsp3) is 0.0909. The molecule has 0 aliphatic rings. The van der Waals surface area contributed by atoms with E-state index in [0.29, 0.717) is 11.8 Å². The Bertz CT molecular complexity index is 489. The quantitative estimate of drug-likeness (QED) is 0.574. The SMILES string of the molecule is COc1cc(C#CC#N)cc(C=O)c1O. The fourth-order valence-corrected chi connectivity index (χ4v) is 1.05. The van der Waals surface area contributed by atoms with Gasteiger partial charge < -0.3 is 9.84 Å². The Morgan fingerprint density at radius 1 is 1.53 bits per heavy atom. The van der Waals surface area contributed by atoms with Crippen molar-refractivity contribution in [3.05, 3.63) is 23.3 Å². The van der Waals surface area contributed by atoms with Crippen LogP contribution >= 0.6 is 0 Å². The Kier molecular flexibility index (Phi) is 3.32. The second-order valence-corrected chi connectivity index (χ2v) is 2.60. The molecule has 0 amide bonds. The number of phenolic OH excluding ortho intramolecular Hbond substituents is 1. The molecule has 74 valence electrons. The predicted molar refractivity (Wildman–Crippen MR) is 52.5 cm³/mol. The molecule has 1 aromatic rings. The smallest absolute Gasteiger partial charge is 0.168 e. The van der Waals surface area contributed by atoms with E-state index >= 15 is 0 Å². The molecule has 4 heteroatoms. The molecular formula is C11H7NO3. The van der Waals surface area contributed by atoms with Crippen LogP contribution in [0.25, 0.3) is 0 Å². The molecule has 0 heterocycles. The molecule has 0 bridgehead atoms. The first-order chi connectivity index (χ1) is 7.22. The Labute approximate surface area is 86.7 Å². The van der Waals surface area contributed by atoms with Crippen molar-refractivity contribution < 1.29 is 14.6 Å². The number of carbonyl (C=O) groups excluding carboxylic acids is 1. The fourth-order valence-electron chi connectivity index (χ4n) is 1.05. The Morgan fingerprint density at radius 2 is 2.27 bits per heavy atom. The highest BCUT2D eigenvalue weighted by Crippen LogP contribution is 2.29. The molecule has 4 nitrogen and oxygen atoms in total. The van der Waals surface area contributed by atoms with Crippen molar-refractivity contribution in [3.63, 3.8) is 0 Å². The van der Waals surface area contributed by atoms with Crippen LogP contribution in [0.5, 0.6) is 11.5 Å². The number of rotatable bonds is 2. The zero-order valence-corrected chi connectivity index (χ0v) is 7.94. The van der Waals surface area contributed by atoms with E-state index in [1.165, 1.54) is 19.2 Å². The molecule has 0 aliphatic heterocycles. The molecule has 0 fully saturated rings. The van der Waals surface area contributed by atoms with Crippen LogP contribution in [-0.2, 0) is 0 Å². The lowest BCUT2D eigenvalue weighted by Gasteiger charge is -2.05. The van der Waals surface area contributed by atoms with Gasteiger partial charge in [0.25, 0.3) is 0 Å². The number of carbonyl (C=O) groups is 1. The third kappa shape index (κ3) is 2.26.